The summed E-state index contributed by atoms with van der Waals surface area (Å²) in [6, 6.07) is 9.56. The topological polar surface area (TPSA) is 70.8 Å². The number of rotatable bonds is 5. The van der Waals surface area contributed by atoms with E-state index in [9.17, 15) is 9.18 Å². The number of halogens is 1. The second-order valence-electron chi connectivity index (χ2n) is 6.49. The number of likely N-dealkylation sites (N-methyl/N-ethyl adjacent to an activating group) is 1. The monoisotopic (exact) mass is 372 g/mol. The number of benzene rings is 2. The largest absolute Gasteiger partial charge is 0.497 e. The van der Waals surface area contributed by atoms with E-state index >= 15 is 0 Å². The van der Waals surface area contributed by atoms with Crippen molar-refractivity contribution in [3.05, 3.63) is 47.8 Å². The van der Waals surface area contributed by atoms with E-state index < -0.39 is 11.7 Å². The molecule has 6 nitrogen and oxygen atoms in total. The van der Waals surface area contributed by atoms with E-state index in [0.717, 1.165) is 32.7 Å². The highest BCUT2D eigenvalue weighted by molar-refractivity contribution is 6.06. The molecule has 1 amide bonds. The van der Waals surface area contributed by atoms with Crippen molar-refractivity contribution in [3.63, 3.8) is 0 Å². The molecular weight excluding hydrogens is 347 g/mol. The summed E-state index contributed by atoms with van der Waals surface area (Å²) in [5.74, 6) is -0.241. The molecule has 0 atom stereocenters. The summed E-state index contributed by atoms with van der Waals surface area (Å²) < 4.78 is 19.8. The lowest BCUT2D eigenvalue weighted by molar-refractivity contribution is 0.102. The van der Waals surface area contributed by atoms with Gasteiger partial charge in [0.1, 0.15) is 11.6 Å². The zero-order chi connectivity index (χ0) is 19.4. The third-order valence-electron chi connectivity index (χ3n) is 4.88. The van der Waals surface area contributed by atoms with Crippen LogP contribution >= 0.6 is 0 Å². The Kier molecular flexibility index (Phi) is 5.81. The summed E-state index contributed by atoms with van der Waals surface area (Å²) >= 11 is 0. The second-order valence-corrected chi connectivity index (χ2v) is 6.49. The van der Waals surface area contributed by atoms with Crippen molar-refractivity contribution in [1.82, 2.24) is 4.90 Å². The molecule has 0 aliphatic carbocycles. The Morgan fingerprint density at radius 1 is 1.19 bits per heavy atom. The first-order valence-corrected chi connectivity index (χ1v) is 9.03. The van der Waals surface area contributed by atoms with Gasteiger partial charge in [-0.3, -0.25) is 4.79 Å². The molecule has 3 N–H and O–H groups in total. The van der Waals surface area contributed by atoms with Gasteiger partial charge in [0.05, 0.1) is 24.2 Å². The number of hydrogen-bond acceptors (Lipinski definition) is 5. The minimum absolute atomic E-state index is 0.241. The number of nitrogens with one attached hydrogen (secondary N) is 1. The molecular formula is C20H25FN4O2. The zero-order valence-corrected chi connectivity index (χ0v) is 15.7. The number of nitrogen functional groups attached to an aromatic ring is 1. The Bertz CT molecular complexity index is 820. The number of anilines is 3. The van der Waals surface area contributed by atoms with Crippen LogP contribution in [0.25, 0.3) is 0 Å². The molecule has 1 heterocycles. The van der Waals surface area contributed by atoms with Crippen molar-refractivity contribution in [3.8, 4) is 5.75 Å². The van der Waals surface area contributed by atoms with E-state index in [1.165, 1.54) is 13.2 Å². The van der Waals surface area contributed by atoms with Crippen LogP contribution in [0, 0.1) is 5.82 Å². The van der Waals surface area contributed by atoms with Crippen LogP contribution in [0.5, 0.6) is 5.75 Å². The fraction of sp³-hybridized carbons (Fsp3) is 0.350. The molecule has 0 unspecified atom stereocenters. The van der Waals surface area contributed by atoms with Crippen molar-refractivity contribution in [2.45, 2.75) is 6.92 Å². The van der Waals surface area contributed by atoms with Gasteiger partial charge in [0.15, 0.2) is 0 Å². The van der Waals surface area contributed by atoms with Crippen molar-refractivity contribution in [1.29, 1.82) is 0 Å². The molecule has 144 valence electrons. The molecule has 0 aromatic heterocycles. The minimum atomic E-state index is -0.420. The molecule has 2 aromatic carbocycles. The predicted octanol–water partition coefficient (Wildman–Crippen LogP) is 2.81. The number of methoxy groups -OCH3 is 1. The van der Waals surface area contributed by atoms with E-state index in [1.54, 1.807) is 30.3 Å². The van der Waals surface area contributed by atoms with Gasteiger partial charge in [-0.05, 0) is 36.9 Å². The third kappa shape index (κ3) is 4.31. The molecule has 1 saturated heterocycles. The molecule has 1 aliphatic rings. The molecule has 1 aliphatic heterocycles. The van der Waals surface area contributed by atoms with E-state index in [2.05, 4.69) is 17.1 Å². The number of carbonyl (C=O) groups excluding carboxylic acids is 1. The molecule has 2 aromatic rings. The predicted molar refractivity (Wildman–Crippen MR) is 106 cm³/mol. The molecule has 0 radical (unpaired) electrons. The van der Waals surface area contributed by atoms with Crippen LogP contribution in [0.3, 0.4) is 0 Å². The average Bonchev–Trinajstić information content (AvgIpc) is 2.69. The number of carbonyl (C=O) groups is 1. The first-order chi connectivity index (χ1) is 13.0. The van der Waals surface area contributed by atoms with Gasteiger partial charge < -0.3 is 25.6 Å². The summed E-state index contributed by atoms with van der Waals surface area (Å²) in [6.07, 6.45) is 0. The smallest absolute Gasteiger partial charge is 0.255 e. The number of amides is 1. The number of nitrogens with zero attached hydrogens (tertiary/aromatic N) is 2. The molecule has 0 saturated carbocycles. The first-order valence-electron chi connectivity index (χ1n) is 9.03. The first kappa shape index (κ1) is 19.0. The zero-order valence-electron chi connectivity index (χ0n) is 15.7. The summed E-state index contributed by atoms with van der Waals surface area (Å²) in [7, 11) is 1.53. The van der Waals surface area contributed by atoms with Crippen molar-refractivity contribution in [2.75, 3.05) is 55.8 Å². The maximum absolute atomic E-state index is 14.6. The number of piperazine rings is 1. The number of nitrogens with two attached hydrogens (primary N) is 1. The maximum atomic E-state index is 14.6. The van der Waals surface area contributed by atoms with Crippen LogP contribution in [0.2, 0.25) is 0 Å². The van der Waals surface area contributed by atoms with Gasteiger partial charge in [-0.1, -0.05) is 6.92 Å². The standard InChI is InChI=1S/C20H25FN4O2/c1-3-24-8-10-25(11-9-24)19-7-4-14(12-16(19)21)20(26)23-18-13-15(27-2)5-6-17(18)22/h4-7,12-13H,3,8-11,22H2,1-2H3,(H,23,26). The van der Waals surface area contributed by atoms with E-state index in [1.807, 2.05) is 4.90 Å². The lowest BCUT2D eigenvalue weighted by Crippen LogP contribution is -2.46. The van der Waals surface area contributed by atoms with Crippen LogP contribution in [-0.4, -0.2) is 50.6 Å². The summed E-state index contributed by atoms with van der Waals surface area (Å²) in [5, 5.41) is 2.71. The molecule has 0 spiro atoms. The highest BCUT2D eigenvalue weighted by Gasteiger charge is 2.20. The van der Waals surface area contributed by atoms with Crippen LogP contribution in [0.4, 0.5) is 21.5 Å². The van der Waals surface area contributed by atoms with Gasteiger partial charge in [-0.15, -0.1) is 0 Å². The highest BCUT2D eigenvalue weighted by atomic mass is 19.1. The van der Waals surface area contributed by atoms with Crippen molar-refractivity contribution in [2.24, 2.45) is 0 Å². The van der Waals surface area contributed by atoms with Crippen LogP contribution in [0.15, 0.2) is 36.4 Å². The Labute approximate surface area is 158 Å². The average molecular weight is 372 g/mol. The quantitative estimate of drug-likeness (QED) is 0.790. The van der Waals surface area contributed by atoms with Gasteiger partial charge in [0, 0.05) is 37.8 Å². The summed E-state index contributed by atoms with van der Waals surface area (Å²) in [6.45, 7) is 6.50. The van der Waals surface area contributed by atoms with E-state index in [0.29, 0.717) is 22.8 Å². The van der Waals surface area contributed by atoms with E-state index in [4.69, 9.17) is 10.5 Å². The molecule has 3 rings (SSSR count). The SMILES string of the molecule is CCN1CCN(c2ccc(C(=O)Nc3cc(OC)ccc3N)cc2F)CC1. The molecule has 7 heteroatoms. The third-order valence-corrected chi connectivity index (χ3v) is 4.88. The summed E-state index contributed by atoms with van der Waals surface area (Å²) in [5.41, 5.74) is 7.50. The number of ether oxygens (including phenoxy) is 1. The maximum Gasteiger partial charge on any atom is 0.255 e. The van der Waals surface area contributed by atoms with Gasteiger partial charge in [0.2, 0.25) is 0 Å². The molecule has 27 heavy (non-hydrogen) atoms. The van der Waals surface area contributed by atoms with Crippen LogP contribution < -0.4 is 20.7 Å². The lowest BCUT2D eigenvalue weighted by atomic mass is 10.1. The van der Waals surface area contributed by atoms with Gasteiger partial charge >= 0.3 is 0 Å². The van der Waals surface area contributed by atoms with Crippen molar-refractivity contribution >= 4 is 23.0 Å². The Morgan fingerprint density at radius 2 is 1.93 bits per heavy atom. The fourth-order valence-electron chi connectivity index (χ4n) is 3.17. The van der Waals surface area contributed by atoms with Crippen molar-refractivity contribution < 1.29 is 13.9 Å². The van der Waals surface area contributed by atoms with E-state index in [-0.39, 0.29) is 5.56 Å². The number of hydrogen-bond donors (Lipinski definition) is 2. The molecule has 0 bridgehead atoms. The highest BCUT2D eigenvalue weighted by Crippen LogP contribution is 2.26. The van der Waals surface area contributed by atoms with Crippen LogP contribution in [-0.2, 0) is 0 Å². The fourth-order valence-corrected chi connectivity index (χ4v) is 3.17. The van der Waals surface area contributed by atoms with Crippen LogP contribution in [0.1, 0.15) is 17.3 Å². The normalized spacial score (nSPS) is 14.9. The Balaban J connectivity index is 1.72. The van der Waals surface area contributed by atoms with Gasteiger partial charge in [0.25, 0.3) is 5.91 Å². The van der Waals surface area contributed by atoms with Gasteiger partial charge in [-0.2, -0.15) is 0 Å². The Morgan fingerprint density at radius 3 is 2.56 bits per heavy atom. The molecule has 1 fully saturated rings. The van der Waals surface area contributed by atoms with Gasteiger partial charge in [-0.25, -0.2) is 4.39 Å². The summed E-state index contributed by atoms with van der Waals surface area (Å²) in [4.78, 5) is 16.8. The minimum Gasteiger partial charge on any atom is -0.497 e. The second kappa shape index (κ2) is 8.26. The Hall–Kier alpha value is -2.80. The lowest BCUT2D eigenvalue weighted by Gasteiger charge is -2.35.